The van der Waals surface area contributed by atoms with Crippen LogP contribution in [0.1, 0.15) is 35.7 Å². The highest BCUT2D eigenvalue weighted by molar-refractivity contribution is 7.92. The lowest BCUT2D eigenvalue weighted by Gasteiger charge is -2.33. The van der Waals surface area contributed by atoms with Crippen molar-refractivity contribution in [2.45, 2.75) is 42.4 Å². The van der Waals surface area contributed by atoms with Crippen LogP contribution in [0.5, 0.6) is 0 Å². The first kappa shape index (κ1) is 23.3. The van der Waals surface area contributed by atoms with Gasteiger partial charge in [-0.1, -0.05) is 12.1 Å². The number of sulfone groups is 1. The minimum absolute atomic E-state index is 0.211. The van der Waals surface area contributed by atoms with Crippen molar-refractivity contribution in [3.8, 4) is 0 Å². The van der Waals surface area contributed by atoms with E-state index in [2.05, 4.69) is 10.3 Å². The van der Waals surface area contributed by atoms with Crippen LogP contribution >= 0.6 is 0 Å². The molecule has 176 valence electrons. The Morgan fingerprint density at radius 1 is 1.15 bits per heavy atom. The molecule has 0 unspecified atom stereocenters. The van der Waals surface area contributed by atoms with Crippen LogP contribution in [0.15, 0.2) is 59.9 Å². The maximum Gasteiger partial charge on any atom is 0.257 e. The van der Waals surface area contributed by atoms with Crippen molar-refractivity contribution in [1.29, 1.82) is 0 Å². The Labute approximate surface area is 191 Å². The van der Waals surface area contributed by atoms with Gasteiger partial charge in [-0.15, -0.1) is 0 Å². The summed E-state index contributed by atoms with van der Waals surface area (Å²) in [7, 11) is -3.55. The Kier molecular flexibility index (Phi) is 6.49. The number of benzene rings is 1. The molecule has 1 aliphatic heterocycles. The number of hydrogen-bond acceptors (Lipinski definition) is 5. The van der Waals surface area contributed by atoms with Crippen LogP contribution in [0.25, 0.3) is 5.65 Å². The average Bonchev–Trinajstić information content (AvgIpc) is 3.25. The lowest BCUT2D eigenvalue weighted by molar-refractivity contribution is -0.0183. The van der Waals surface area contributed by atoms with Crippen LogP contribution in [0.3, 0.4) is 0 Å². The minimum Gasteiger partial charge on any atom is -0.348 e. The molecule has 4 rings (SSSR count). The first-order valence-corrected chi connectivity index (χ1v) is 12.3. The first-order valence-electron chi connectivity index (χ1n) is 10.8. The van der Waals surface area contributed by atoms with Crippen molar-refractivity contribution in [3.63, 3.8) is 0 Å². The average molecular weight is 477 g/mol. The first-order chi connectivity index (χ1) is 15.6. The summed E-state index contributed by atoms with van der Waals surface area (Å²) in [6.45, 7) is 1.45. The molecule has 0 saturated carbocycles. The van der Waals surface area contributed by atoms with E-state index in [1.54, 1.807) is 64.3 Å². The number of imidazole rings is 1. The van der Waals surface area contributed by atoms with Gasteiger partial charge in [0, 0.05) is 32.1 Å². The van der Waals surface area contributed by atoms with Crippen LogP contribution in [0.4, 0.5) is 8.78 Å². The van der Waals surface area contributed by atoms with Gasteiger partial charge in [-0.05, 0) is 55.8 Å². The van der Waals surface area contributed by atoms with Gasteiger partial charge in [0.15, 0.2) is 9.84 Å². The molecule has 3 aromatic rings. The van der Waals surface area contributed by atoms with Gasteiger partial charge < -0.3 is 9.72 Å². The highest BCUT2D eigenvalue weighted by Crippen LogP contribution is 2.26. The van der Waals surface area contributed by atoms with E-state index < -0.39 is 21.0 Å². The van der Waals surface area contributed by atoms with Crippen LogP contribution in [0.2, 0.25) is 0 Å². The number of carbonyl (C=O) groups excluding carboxylic acids is 1. The normalized spacial score (nSPS) is 16.2. The predicted octanol–water partition coefficient (Wildman–Crippen LogP) is 3.16. The summed E-state index contributed by atoms with van der Waals surface area (Å²) >= 11 is 0. The number of alkyl halides is 2. The summed E-state index contributed by atoms with van der Waals surface area (Å²) in [6, 6.07) is 9.90. The predicted molar refractivity (Wildman–Crippen MR) is 120 cm³/mol. The highest BCUT2D eigenvalue weighted by Gasteiger charge is 2.34. The van der Waals surface area contributed by atoms with Crippen LogP contribution < -0.4 is 5.32 Å². The summed E-state index contributed by atoms with van der Waals surface area (Å²) in [4.78, 5) is 18.4. The quantitative estimate of drug-likeness (QED) is 0.566. The number of piperidine rings is 1. The second-order valence-corrected chi connectivity index (χ2v) is 10.8. The Morgan fingerprint density at radius 2 is 1.85 bits per heavy atom. The van der Waals surface area contributed by atoms with Gasteiger partial charge in [0.05, 0.1) is 22.3 Å². The van der Waals surface area contributed by atoms with Crippen LogP contribution in [-0.2, 0) is 16.4 Å². The van der Waals surface area contributed by atoms with Crippen molar-refractivity contribution in [2.24, 2.45) is 0 Å². The Hall–Kier alpha value is -2.85. The van der Waals surface area contributed by atoms with Crippen molar-refractivity contribution < 1.29 is 22.0 Å². The second-order valence-electron chi connectivity index (χ2n) is 8.53. The highest BCUT2D eigenvalue weighted by atomic mass is 32.2. The van der Waals surface area contributed by atoms with E-state index in [1.165, 1.54) is 0 Å². The third-order valence-electron chi connectivity index (χ3n) is 5.83. The van der Waals surface area contributed by atoms with E-state index in [4.69, 9.17) is 0 Å². The Morgan fingerprint density at radius 3 is 2.52 bits per heavy atom. The maximum absolute atomic E-state index is 13.2. The number of aromatic nitrogens is 2. The lowest BCUT2D eigenvalue weighted by atomic mass is 10.1. The topological polar surface area (TPSA) is 83.8 Å². The van der Waals surface area contributed by atoms with Crippen molar-refractivity contribution in [1.82, 2.24) is 19.6 Å². The number of halogens is 2. The van der Waals surface area contributed by atoms with E-state index in [0.29, 0.717) is 31.5 Å². The molecule has 3 heterocycles. The van der Waals surface area contributed by atoms with E-state index in [0.717, 1.165) is 18.1 Å². The standard InChI is InChI=1S/C23H26F2N4O3S/c1-23(24,25)16-28-11-8-20(9-12-28)33(31,32)19-5-2-17(3-6-19)14-27-22(30)18-4-7-21-26-10-13-29(21)15-18/h2-7,10,13,15,20H,8-9,11-12,14,16H2,1H3,(H,27,30). The van der Waals surface area contributed by atoms with Crippen molar-refractivity contribution in [3.05, 3.63) is 66.1 Å². The summed E-state index contributed by atoms with van der Waals surface area (Å²) in [5.74, 6) is -3.03. The van der Waals surface area contributed by atoms with E-state index in [9.17, 15) is 22.0 Å². The van der Waals surface area contributed by atoms with Crippen LogP contribution in [-0.4, -0.2) is 59.4 Å². The zero-order chi connectivity index (χ0) is 23.6. The number of rotatable bonds is 7. The summed E-state index contributed by atoms with van der Waals surface area (Å²) in [5, 5.41) is 2.25. The van der Waals surface area contributed by atoms with Gasteiger partial charge in [0.1, 0.15) is 5.65 Å². The molecule has 1 saturated heterocycles. The van der Waals surface area contributed by atoms with Gasteiger partial charge in [-0.3, -0.25) is 9.69 Å². The van der Waals surface area contributed by atoms with Gasteiger partial charge >= 0.3 is 0 Å². The molecule has 7 nitrogen and oxygen atoms in total. The molecule has 0 aliphatic carbocycles. The lowest BCUT2D eigenvalue weighted by Crippen LogP contribution is -2.43. The third kappa shape index (κ3) is 5.56. The van der Waals surface area contributed by atoms with E-state index >= 15 is 0 Å². The van der Waals surface area contributed by atoms with E-state index in [-0.39, 0.29) is 23.9 Å². The monoisotopic (exact) mass is 476 g/mol. The number of hydrogen-bond donors (Lipinski definition) is 1. The molecule has 0 bridgehead atoms. The molecule has 2 aromatic heterocycles. The van der Waals surface area contributed by atoms with Gasteiger partial charge in [-0.2, -0.15) is 0 Å². The second kappa shape index (κ2) is 9.18. The number of nitrogens with one attached hydrogen (secondary N) is 1. The Balaban J connectivity index is 1.34. The van der Waals surface area contributed by atoms with E-state index in [1.807, 2.05) is 0 Å². The largest absolute Gasteiger partial charge is 0.348 e. The van der Waals surface area contributed by atoms with Crippen molar-refractivity contribution in [2.75, 3.05) is 19.6 Å². The molecule has 1 fully saturated rings. The Bertz CT molecular complexity index is 1230. The SMILES string of the molecule is CC(F)(F)CN1CCC(S(=O)(=O)c2ccc(CNC(=O)c3ccc4nccn4c3)cc2)CC1. The molecule has 0 radical (unpaired) electrons. The molecular weight excluding hydrogens is 450 g/mol. The smallest absolute Gasteiger partial charge is 0.257 e. The van der Waals surface area contributed by atoms with Crippen LogP contribution in [0, 0.1) is 0 Å². The number of likely N-dealkylation sites (tertiary alicyclic amines) is 1. The number of pyridine rings is 1. The summed E-state index contributed by atoms with van der Waals surface area (Å²) in [5.41, 5.74) is 2.01. The van der Waals surface area contributed by atoms with Gasteiger partial charge in [0.2, 0.25) is 0 Å². The fourth-order valence-corrected chi connectivity index (χ4v) is 5.83. The zero-order valence-corrected chi connectivity index (χ0v) is 19.1. The number of fused-ring (bicyclic) bond motifs is 1. The number of amides is 1. The molecule has 0 spiro atoms. The van der Waals surface area contributed by atoms with Gasteiger partial charge in [0.25, 0.3) is 11.8 Å². The molecule has 1 aromatic carbocycles. The molecule has 1 aliphatic rings. The summed E-state index contributed by atoms with van der Waals surface area (Å²) in [6.07, 6.45) is 5.77. The maximum atomic E-state index is 13.2. The number of nitrogens with zero attached hydrogens (tertiary/aromatic N) is 3. The third-order valence-corrected chi connectivity index (χ3v) is 8.11. The van der Waals surface area contributed by atoms with Crippen molar-refractivity contribution >= 4 is 21.4 Å². The number of carbonyl (C=O) groups is 1. The fourth-order valence-electron chi connectivity index (χ4n) is 4.10. The minimum atomic E-state index is -3.55. The molecule has 10 heteroatoms. The molecule has 0 atom stereocenters. The molecule has 33 heavy (non-hydrogen) atoms. The molecular formula is C23H26F2N4O3S. The van der Waals surface area contributed by atoms with Gasteiger partial charge in [-0.25, -0.2) is 22.2 Å². The zero-order valence-electron chi connectivity index (χ0n) is 18.2. The fraction of sp³-hybridized carbons (Fsp3) is 0.391. The summed E-state index contributed by atoms with van der Waals surface area (Å²) < 4.78 is 54.1. The molecule has 1 amide bonds. The molecule has 1 N–H and O–H groups in total.